The van der Waals surface area contributed by atoms with E-state index in [2.05, 4.69) is 22.4 Å². The van der Waals surface area contributed by atoms with Gasteiger partial charge in [0, 0.05) is 39.8 Å². The summed E-state index contributed by atoms with van der Waals surface area (Å²) in [6, 6.07) is 12.1. The first kappa shape index (κ1) is 15.1. The lowest BCUT2D eigenvalue weighted by molar-refractivity contribution is -0.115. The number of rotatable bonds is 3. The summed E-state index contributed by atoms with van der Waals surface area (Å²) in [5.41, 5.74) is 5.40. The predicted octanol–water partition coefficient (Wildman–Crippen LogP) is 4.65. The monoisotopic (exact) mass is 342 g/mol. The lowest BCUT2D eigenvalue weighted by Gasteiger charge is -2.08. The van der Waals surface area contributed by atoms with Gasteiger partial charge in [0.25, 0.3) is 0 Å². The van der Waals surface area contributed by atoms with Gasteiger partial charge in [-0.25, -0.2) is 0 Å². The molecule has 0 radical (unpaired) electrons. The molecule has 0 fully saturated rings. The van der Waals surface area contributed by atoms with Crippen LogP contribution in [0.15, 0.2) is 59.5 Å². The molecule has 0 bridgehead atoms. The smallest absolute Gasteiger partial charge is 0.228 e. The Balaban J connectivity index is 1.43. The average Bonchev–Trinajstić information content (AvgIpc) is 3.27. The molecule has 0 saturated heterocycles. The SMILES string of the molecule is O=C(Cc1coc2cc3c(cc12)CCC3)Nc1cccc2cnccc12. The molecule has 2 aromatic carbocycles. The van der Waals surface area contributed by atoms with Crippen LogP contribution in [0.25, 0.3) is 21.7 Å². The molecule has 26 heavy (non-hydrogen) atoms. The Morgan fingerprint density at radius 3 is 2.92 bits per heavy atom. The van der Waals surface area contributed by atoms with Crippen LogP contribution in [0.2, 0.25) is 0 Å². The maximum Gasteiger partial charge on any atom is 0.228 e. The standard InChI is InChI=1S/C22H18N2O2/c25-22(24-20-6-2-5-16-12-23-8-7-18(16)20)11-17-13-26-21-10-15-4-1-3-14(15)9-19(17)21/h2,5-10,12-13H,1,3-4,11H2,(H,24,25). The average molecular weight is 342 g/mol. The number of pyridine rings is 1. The molecule has 1 N–H and O–H groups in total. The molecule has 0 aliphatic heterocycles. The Morgan fingerprint density at radius 2 is 2.00 bits per heavy atom. The minimum absolute atomic E-state index is 0.0440. The largest absolute Gasteiger partial charge is 0.464 e. The summed E-state index contributed by atoms with van der Waals surface area (Å²) in [6.45, 7) is 0. The Bertz CT molecular complexity index is 1140. The number of anilines is 1. The van der Waals surface area contributed by atoms with Crippen molar-refractivity contribution in [2.75, 3.05) is 5.32 Å². The van der Waals surface area contributed by atoms with Gasteiger partial charge in [0.2, 0.25) is 5.91 Å². The zero-order chi connectivity index (χ0) is 17.5. The van der Waals surface area contributed by atoms with Crippen LogP contribution in [0.3, 0.4) is 0 Å². The number of nitrogens with one attached hydrogen (secondary N) is 1. The molecule has 2 heterocycles. The molecule has 4 heteroatoms. The van der Waals surface area contributed by atoms with Crippen molar-refractivity contribution in [2.45, 2.75) is 25.7 Å². The third-order valence-corrected chi connectivity index (χ3v) is 5.17. The maximum atomic E-state index is 12.6. The topological polar surface area (TPSA) is 55.1 Å². The van der Waals surface area contributed by atoms with E-state index in [-0.39, 0.29) is 5.91 Å². The van der Waals surface area contributed by atoms with Gasteiger partial charge in [-0.15, -0.1) is 0 Å². The fraction of sp³-hybridized carbons (Fsp3) is 0.182. The van der Waals surface area contributed by atoms with E-state index in [9.17, 15) is 4.79 Å². The Labute approximate surface area is 150 Å². The van der Waals surface area contributed by atoms with Gasteiger partial charge in [-0.3, -0.25) is 9.78 Å². The van der Waals surface area contributed by atoms with E-state index in [0.717, 1.165) is 45.8 Å². The number of furan rings is 1. The van der Waals surface area contributed by atoms with Crippen LogP contribution in [0, 0.1) is 0 Å². The minimum Gasteiger partial charge on any atom is -0.464 e. The lowest BCUT2D eigenvalue weighted by Crippen LogP contribution is -2.14. The molecule has 4 nitrogen and oxygen atoms in total. The molecule has 0 saturated carbocycles. The highest BCUT2D eigenvalue weighted by molar-refractivity contribution is 6.03. The van der Waals surface area contributed by atoms with E-state index in [1.807, 2.05) is 24.3 Å². The quantitative estimate of drug-likeness (QED) is 0.589. The normalized spacial score (nSPS) is 13.2. The number of hydrogen-bond acceptors (Lipinski definition) is 3. The molecule has 1 amide bonds. The summed E-state index contributed by atoms with van der Waals surface area (Å²) in [7, 11) is 0. The van der Waals surface area contributed by atoms with Crippen LogP contribution in [-0.2, 0) is 24.1 Å². The summed E-state index contributed by atoms with van der Waals surface area (Å²) in [5.74, 6) is -0.0440. The van der Waals surface area contributed by atoms with Crippen molar-refractivity contribution < 1.29 is 9.21 Å². The summed E-state index contributed by atoms with van der Waals surface area (Å²) in [4.78, 5) is 16.8. The van der Waals surface area contributed by atoms with Gasteiger partial charge in [0.1, 0.15) is 5.58 Å². The Hall–Kier alpha value is -3.14. The van der Waals surface area contributed by atoms with Crippen molar-refractivity contribution in [3.05, 3.63) is 71.7 Å². The van der Waals surface area contributed by atoms with Crippen LogP contribution >= 0.6 is 0 Å². The van der Waals surface area contributed by atoms with Gasteiger partial charge in [0.15, 0.2) is 0 Å². The first-order valence-electron chi connectivity index (χ1n) is 8.92. The zero-order valence-corrected chi connectivity index (χ0v) is 14.3. The van der Waals surface area contributed by atoms with Gasteiger partial charge in [-0.2, -0.15) is 0 Å². The molecule has 1 aliphatic carbocycles. The van der Waals surface area contributed by atoms with Crippen LogP contribution in [0.4, 0.5) is 5.69 Å². The number of benzene rings is 2. The van der Waals surface area contributed by atoms with Crippen LogP contribution in [0.1, 0.15) is 23.1 Å². The number of carbonyl (C=O) groups excluding carboxylic acids is 1. The third kappa shape index (κ3) is 2.54. The summed E-state index contributed by atoms with van der Waals surface area (Å²) in [5, 5.41) is 6.09. The van der Waals surface area contributed by atoms with E-state index in [4.69, 9.17) is 4.42 Å². The fourth-order valence-electron chi connectivity index (χ4n) is 3.88. The van der Waals surface area contributed by atoms with E-state index < -0.39 is 0 Å². The number of amides is 1. The van der Waals surface area contributed by atoms with Crippen LogP contribution in [-0.4, -0.2) is 10.9 Å². The van der Waals surface area contributed by atoms with E-state index >= 15 is 0 Å². The number of carbonyl (C=O) groups is 1. The zero-order valence-electron chi connectivity index (χ0n) is 14.3. The van der Waals surface area contributed by atoms with Crippen molar-refractivity contribution >= 4 is 33.3 Å². The summed E-state index contributed by atoms with van der Waals surface area (Å²) < 4.78 is 5.71. The Morgan fingerprint density at radius 1 is 1.12 bits per heavy atom. The van der Waals surface area contributed by atoms with Crippen LogP contribution in [0.5, 0.6) is 0 Å². The fourth-order valence-corrected chi connectivity index (χ4v) is 3.88. The highest BCUT2D eigenvalue weighted by atomic mass is 16.3. The molecule has 0 atom stereocenters. The van der Waals surface area contributed by atoms with Crippen molar-refractivity contribution in [1.82, 2.24) is 4.98 Å². The van der Waals surface area contributed by atoms with Gasteiger partial charge in [0.05, 0.1) is 12.7 Å². The molecular formula is C22H18N2O2. The second-order valence-electron chi connectivity index (χ2n) is 6.86. The number of hydrogen-bond donors (Lipinski definition) is 1. The molecule has 128 valence electrons. The van der Waals surface area contributed by atoms with E-state index in [1.54, 1.807) is 18.7 Å². The predicted molar refractivity (Wildman–Crippen MR) is 102 cm³/mol. The molecule has 4 aromatic rings. The molecule has 1 aliphatic rings. The molecule has 5 rings (SSSR count). The first-order valence-corrected chi connectivity index (χ1v) is 8.92. The van der Waals surface area contributed by atoms with Gasteiger partial charge < -0.3 is 9.73 Å². The van der Waals surface area contributed by atoms with Gasteiger partial charge in [-0.05, 0) is 54.7 Å². The number of aromatic nitrogens is 1. The van der Waals surface area contributed by atoms with Gasteiger partial charge in [-0.1, -0.05) is 12.1 Å². The summed E-state index contributed by atoms with van der Waals surface area (Å²) >= 11 is 0. The van der Waals surface area contributed by atoms with Gasteiger partial charge >= 0.3 is 0 Å². The molecule has 0 unspecified atom stereocenters. The van der Waals surface area contributed by atoms with Crippen molar-refractivity contribution in [3.63, 3.8) is 0 Å². The van der Waals surface area contributed by atoms with Crippen molar-refractivity contribution in [1.29, 1.82) is 0 Å². The maximum absolute atomic E-state index is 12.6. The lowest BCUT2D eigenvalue weighted by atomic mass is 10.0. The Kier molecular flexibility index (Phi) is 3.49. The minimum atomic E-state index is -0.0440. The molecular weight excluding hydrogens is 324 g/mol. The summed E-state index contributed by atoms with van der Waals surface area (Å²) in [6.07, 6.45) is 8.99. The first-order chi connectivity index (χ1) is 12.8. The van der Waals surface area contributed by atoms with E-state index in [1.165, 1.54) is 17.5 Å². The van der Waals surface area contributed by atoms with E-state index in [0.29, 0.717) is 6.42 Å². The molecule has 0 spiro atoms. The molecule has 2 aromatic heterocycles. The highest BCUT2D eigenvalue weighted by Crippen LogP contribution is 2.31. The highest BCUT2D eigenvalue weighted by Gasteiger charge is 2.17. The second kappa shape index (κ2) is 5.99. The number of fused-ring (bicyclic) bond motifs is 3. The van der Waals surface area contributed by atoms with Crippen molar-refractivity contribution in [2.24, 2.45) is 0 Å². The van der Waals surface area contributed by atoms with Crippen LogP contribution < -0.4 is 5.32 Å². The third-order valence-electron chi connectivity index (χ3n) is 5.17. The number of nitrogens with zero attached hydrogens (tertiary/aromatic N) is 1. The van der Waals surface area contributed by atoms with Crippen molar-refractivity contribution in [3.8, 4) is 0 Å². The second-order valence-corrected chi connectivity index (χ2v) is 6.86. The number of aryl methyl sites for hydroxylation is 2.